The minimum atomic E-state index is -0.444. The Morgan fingerprint density at radius 2 is 1.43 bits per heavy atom. The fraction of sp³-hybridized carbons (Fsp3) is 0.192. The van der Waals surface area contributed by atoms with Gasteiger partial charge in [0, 0.05) is 5.56 Å². The van der Waals surface area contributed by atoms with Gasteiger partial charge in [-0.15, -0.1) is 0 Å². The maximum atomic E-state index is 12.4. The zero-order valence-electron chi connectivity index (χ0n) is 19.5. The number of carbonyl (C=O) groups is 2. The minimum absolute atomic E-state index is 0.0477. The van der Waals surface area contributed by atoms with E-state index in [1.54, 1.807) is 30.3 Å². The lowest BCUT2D eigenvalue weighted by molar-refractivity contribution is -0.123. The third-order valence-electron chi connectivity index (χ3n) is 4.94. The molecule has 0 spiro atoms. The van der Waals surface area contributed by atoms with Gasteiger partial charge in [-0.1, -0.05) is 30.3 Å². The van der Waals surface area contributed by atoms with E-state index >= 15 is 0 Å². The van der Waals surface area contributed by atoms with Crippen molar-refractivity contribution in [3.8, 4) is 17.2 Å². The molecule has 3 aromatic rings. The Balaban J connectivity index is 1.35. The summed E-state index contributed by atoms with van der Waals surface area (Å²) >= 11 is 5.06. The van der Waals surface area contributed by atoms with Gasteiger partial charge in [0.05, 0.1) is 0 Å². The molecule has 0 atom stereocenters. The summed E-state index contributed by atoms with van der Waals surface area (Å²) in [7, 11) is 0. The van der Waals surface area contributed by atoms with Crippen LogP contribution in [0.4, 0.5) is 0 Å². The van der Waals surface area contributed by atoms with Crippen LogP contribution in [-0.4, -0.2) is 36.7 Å². The van der Waals surface area contributed by atoms with E-state index in [2.05, 4.69) is 16.2 Å². The lowest BCUT2D eigenvalue weighted by Crippen LogP contribution is -2.49. The average Bonchev–Trinajstić information content (AvgIpc) is 2.87. The first-order chi connectivity index (χ1) is 16.9. The number of benzene rings is 3. The first-order valence-electron chi connectivity index (χ1n) is 10.9. The molecule has 8 nitrogen and oxygen atoms in total. The van der Waals surface area contributed by atoms with Crippen molar-refractivity contribution in [3.05, 3.63) is 89.5 Å². The highest BCUT2D eigenvalue weighted by Crippen LogP contribution is 2.20. The first kappa shape index (κ1) is 25.5. The van der Waals surface area contributed by atoms with Crippen molar-refractivity contribution < 1.29 is 23.8 Å². The van der Waals surface area contributed by atoms with Crippen molar-refractivity contribution in [1.82, 2.24) is 16.2 Å². The normalized spacial score (nSPS) is 10.1. The smallest absolute Gasteiger partial charge is 0.276 e. The van der Waals surface area contributed by atoms with Gasteiger partial charge in [0.2, 0.25) is 0 Å². The molecule has 0 fully saturated rings. The second-order valence-corrected chi connectivity index (χ2v) is 7.89. The van der Waals surface area contributed by atoms with Crippen LogP contribution in [0.3, 0.4) is 0 Å². The van der Waals surface area contributed by atoms with E-state index in [9.17, 15) is 9.59 Å². The number of hydrazine groups is 1. The lowest BCUT2D eigenvalue weighted by Gasteiger charge is -2.13. The molecule has 0 aromatic heterocycles. The number of para-hydroxylation sites is 1. The number of carbonyl (C=O) groups excluding carboxylic acids is 2. The van der Waals surface area contributed by atoms with Gasteiger partial charge < -0.3 is 14.2 Å². The molecular weight excluding hydrogens is 466 g/mol. The van der Waals surface area contributed by atoms with Gasteiger partial charge in [0.1, 0.15) is 30.5 Å². The van der Waals surface area contributed by atoms with Gasteiger partial charge in [-0.2, -0.15) is 0 Å². The molecule has 3 N–H and O–H groups in total. The molecule has 0 unspecified atom stereocenters. The summed E-state index contributed by atoms with van der Waals surface area (Å²) < 4.78 is 16.7. The molecule has 182 valence electrons. The summed E-state index contributed by atoms with van der Waals surface area (Å²) in [5.41, 5.74) is 7.30. The molecule has 3 rings (SSSR count). The van der Waals surface area contributed by atoms with Crippen LogP contribution in [0, 0.1) is 13.8 Å². The summed E-state index contributed by atoms with van der Waals surface area (Å²) in [6.45, 7) is 4.44. The number of thiocarbonyl (C=S) groups is 1. The number of ether oxygens (including phenoxy) is 3. The highest BCUT2D eigenvalue weighted by Gasteiger charge is 2.10. The highest BCUT2D eigenvalue weighted by molar-refractivity contribution is 7.80. The molecule has 2 amide bonds. The number of nitrogens with one attached hydrogen (secondary N) is 3. The van der Waals surface area contributed by atoms with Crippen molar-refractivity contribution in [3.63, 3.8) is 0 Å². The van der Waals surface area contributed by atoms with Crippen molar-refractivity contribution in [2.24, 2.45) is 0 Å². The third-order valence-corrected chi connectivity index (χ3v) is 5.14. The third kappa shape index (κ3) is 8.31. The van der Waals surface area contributed by atoms with Crippen molar-refractivity contribution in [1.29, 1.82) is 0 Å². The van der Waals surface area contributed by atoms with Gasteiger partial charge in [-0.3, -0.25) is 25.8 Å². The fourth-order valence-corrected chi connectivity index (χ4v) is 3.07. The zero-order valence-corrected chi connectivity index (χ0v) is 20.3. The fourth-order valence-electron chi connectivity index (χ4n) is 2.93. The van der Waals surface area contributed by atoms with Gasteiger partial charge in [0.15, 0.2) is 11.7 Å². The van der Waals surface area contributed by atoms with E-state index in [0.29, 0.717) is 30.3 Å². The average molecular weight is 494 g/mol. The molecular formula is C26H27N3O5S. The van der Waals surface area contributed by atoms with Crippen LogP contribution >= 0.6 is 12.2 Å². The monoisotopic (exact) mass is 493 g/mol. The number of amides is 2. The van der Waals surface area contributed by atoms with Crippen molar-refractivity contribution >= 4 is 29.1 Å². The van der Waals surface area contributed by atoms with Crippen LogP contribution in [0.5, 0.6) is 17.2 Å². The van der Waals surface area contributed by atoms with E-state index in [-0.39, 0.29) is 11.7 Å². The van der Waals surface area contributed by atoms with Gasteiger partial charge >= 0.3 is 0 Å². The molecule has 0 saturated carbocycles. The summed E-state index contributed by atoms with van der Waals surface area (Å²) in [4.78, 5) is 24.4. The number of rotatable bonds is 9. The Morgan fingerprint density at radius 3 is 2.11 bits per heavy atom. The van der Waals surface area contributed by atoms with Crippen molar-refractivity contribution in [2.45, 2.75) is 13.8 Å². The van der Waals surface area contributed by atoms with Crippen LogP contribution in [0.25, 0.3) is 0 Å². The summed E-state index contributed by atoms with van der Waals surface area (Å²) in [5.74, 6) is 1.14. The summed E-state index contributed by atoms with van der Waals surface area (Å²) in [6, 6.07) is 21.7. The molecule has 0 aliphatic heterocycles. The second kappa shape index (κ2) is 13.0. The number of aryl methyl sites for hydroxylation is 1. The molecule has 0 aliphatic rings. The molecule has 0 radical (unpaired) electrons. The Labute approximate surface area is 209 Å². The Hall–Kier alpha value is -4.11. The molecule has 9 heteroatoms. The van der Waals surface area contributed by atoms with Crippen LogP contribution in [0.2, 0.25) is 0 Å². The molecule has 0 aliphatic carbocycles. The van der Waals surface area contributed by atoms with E-state index in [1.807, 2.05) is 56.3 Å². The number of hydrogen-bond donors (Lipinski definition) is 3. The molecule has 0 heterocycles. The van der Waals surface area contributed by atoms with E-state index < -0.39 is 11.8 Å². The lowest BCUT2D eigenvalue weighted by atomic mass is 10.1. The van der Waals surface area contributed by atoms with Gasteiger partial charge in [-0.05, 0) is 79.7 Å². The highest BCUT2D eigenvalue weighted by atomic mass is 32.1. The van der Waals surface area contributed by atoms with Crippen LogP contribution in [-0.2, 0) is 4.79 Å². The van der Waals surface area contributed by atoms with E-state index in [1.165, 1.54) is 0 Å². The summed E-state index contributed by atoms with van der Waals surface area (Å²) in [5, 5.41) is 2.45. The van der Waals surface area contributed by atoms with Gasteiger partial charge in [0.25, 0.3) is 11.8 Å². The summed E-state index contributed by atoms with van der Waals surface area (Å²) in [6.07, 6.45) is 0. The minimum Gasteiger partial charge on any atom is -0.490 e. The maximum absolute atomic E-state index is 12.4. The quantitative estimate of drug-likeness (QED) is 0.239. The molecule has 35 heavy (non-hydrogen) atoms. The van der Waals surface area contributed by atoms with Gasteiger partial charge in [-0.25, -0.2) is 0 Å². The van der Waals surface area contributed by atoms with E-state index in [0.717, 1.165) is 16.9 Å². The van der Waals surface area contributed by atoms with Crippen LogP contribution in [0.1, 0.15) is 21.5 Å². The standard InChI is InChI=1S/C26H27N3O5S/c1-18-7-6-10-23(19(18)2)34-17-24(30)28-29-26(35)27-25(31)20-11-13-22(14-12-20)33-16-15-32-21-8-4-3-5-9-21/h3-14H,15-17H2,1-2H3,(H,28,30)(H2,27,29,31,35). The maximum Gasteiger partial charge on any atom is 0.276 e. The Bertz CT molecular complexity index is 1150. The largest absolute Gasteiger partial charge is 0.490 e. The van der Waals surface area contributed by atoms with Crippen LogP contribution in [0.15, 0.2) is 72.8 Å². The SMILES string of the molecule is Cc1cccc(OCC(=O)NNC(=S)NC(=O)c2ccc(OCCOc3ccccc3)cc2)c1C. The number of hydrogen-bond acceptors (Lipinski definition) is 6. The predicted octanol–water partition coefficient (Wildman–Crippen LogP) is 3.48. The molecule has 3 aromatic carbocycles. The predicted molar refractivity (Wildman–Crippen MR) is 137 cm³/mol. The van der Waals surface area contributed by atoms with Crippen LogP contribution < -0.4 is 30.4 Å². The second-order valence-electron chi connectivity index (χ2n) is 7.48. The topological polar surface area (TPSA) is 97.9 Å². The van der Waals surface area contributed by atoms with Crippen molar-refractivity contribution in [2.75, 3.05) is 19.8 Å². The molecule has 0 bridgehead atoms. The first-order valence-corrected chi connectivity index (χ1v) is 11.3. The van der Waals surface area contributed by atoms with E-state index in [4.69, 9.17) is 26.4 Å². The molecule has 0 saturated heterocycles. The Kier molecular flexibility index (Phi) is 9.44. The Morgan fingerprint density at radius 1 is 0.771 bits per heavy atom. The zero-order chi connectivity index (χ0) is 25.0.